The highest BCUT2D eigenvalue weighted by atomic mass is 32.1. The zero-order valence-electron chi connectivity index (χ0n) is 12.9. The summed E-state index contributed by atoms with van der Waals surface area (Å²) in [4.78, 5) is 27.2. The fourth-order valence-electron chi connectivity index (χ4n) is 2.26. The summed E-state index contributed by atoms with van der Waals surface area (Å²) in [5, 5.41) is 13.9. The van der Waals surface area contributed by atoms with Gasteiger partial charge in [-0.25, -0.2) is 4.98 Å². The predicted octanol–water partition coefficient (Wildman–Crippen LogP) is 4.53. The van der Waals surface area contributed by atoms with Gasteiger partial charge < -0.3 is 0 Å². The van der Waals surface area contributed by atoms with E-state index < -0.39 is 4.92 Å². The predicted molar refractivity (Wildman–Crippen MR) is 97.7 cm³/mol. The molecule has 0 saturated heterocycles. The number of aryl methyl sites for hydroxylation is 2. The molecule has 0 atom stereocenters. The molecule has 1 aromatic carbocycles. The second-order valence-electron chi connectivity index (χ2n) is 5.20. The van der Waals surface area contributed by atoms with Crippen LogP contribution in [0.1, 0.15) is 16.0 Å². The van der Waals surface area contributed by atoms with E-state index in [1.165, 1.54) is 23.5 Å². The lowest BCUT2D eigenvalue weighted by Crippen LogP contribution is -2.06. The Kier molecular flexibility index (Phi) is 4.41. The van der Waals surface area contributed by atoms with Gasteiger partial charge in [-0.2, -0.15) is 0 Å². The van der Waals surface area contributed by atoms with Crippen molar-refractivity contribution in [3.63, 3.8) is 0 Å². The number of benzene rings is 1. The summed E-state index contributed by atoms with van der Waals surface area (Å²) in [6.45, 7) is 4.02. The Morgan fingerprint density at radius 1 is 1.29 bits per heavy atom. The molecule has 6 nitrogen and oxygen atoms in total. The largest absolute Gasteiger partial charge is 0.324 e. The van der Waals surface area contributed by atoms with E-state index in [1.54, 1.807) is 12.1 Å². The number of carbonyl (C=O) groups excluding carboxylic acids is 1. The Balaban J connectivity index is 1.73. The molecule has 0 spiro atoms. The molecule has 1 N–H and O–H groups in total. The van der Waals surface area contributed by atoms with E-state index in [9.17, 15) is 14.9 Å². The maximum absolute atomic E-state index is 12.0. The Morgan fingerprint density at radius 3 is 2.79 bits per heavy atom. The average molecular weight is 359 g/mol. The highest BCUT2D eigenvalue weighted by molar-refractivity contribution is 7.22. The zero-order chi connectivity index (χ0) is 17.3. The number of fused-ring (bicyclic) bond motifs is 1. The number of carbonyl (C=O) groups is 1. The van der Waals surface area contributed by atoms with Crippen LogP contribution in [0.2, 0.25) is 0 Å². The smallest absolute Gasteiger partial charge is 0.298 e. The normalized spacial score (nSPS) is 11.2. The van der Waals surface area contributed by atoms with Crippen LogP contribution in [0.5, 0.6) is 0 Å². The third kappa shape index (κ3) is 3.50. The minimum atomic E-state index is -0.451. The van der Waals surface area contributed by atoms with Crippen LogP contribution in [0, 0.1) is 24.0 Å². The molecule has 0 saturated carbocycles. The minimum Gasteiger partial charge on any atom is -0.298 e. The van der Waals surface area contributed by atoms with Gasteiger partial charge in [-0.1, -0.05) is 28.7 Å². The number of nitro groups is 1. The topological polar surface area (TPSA) is 85.1 Å². The number of aromatic nitrogens is 1. The SMILES string of the molecule is Cc1cc(C)c2sc(NC(=O)/C=C/c3ccc([N+](=O)[O-])s3)nc2c1. The van der Waals surface area contributed by atoms with Crippen LogP contribution < -0.4 is 5.32 Å². The molecule has 0 aliphatic heterocycles. The molecular formula is C16H13N3O3S2. The molecule has 0 fully saturated rings. The van der Waals surface area contributed by atoms with Gasteiger partial charge in [0.05, 0.1) is 15.1 Å². The standard InChI is InChI=1S/C16H13N3O3S2/c1-9-7-10(2)15-12(8-9)17-16(24-15)18-13(20)5-3-11-4-6-14(23-11)19(21)22/h3-8H,1-2H3,(H,17,18,20)/b5-3+. The molecule has 0 unspecified atom stereocenters. The Labute approximate surface area is 145 Å². The van der Waals surface area contributed by atoms with Gasteiger partial charge in [0.2, 0.25) is 5.91 Å². The number of amides is 1. The van der Waals surface area contributed by atoms with E-state index in [0.29, 0.717) is 10.0 Å². The molecule has 3 rings (SSSR count). The fraction of sp³-hybridized carbons (Fsp3) is 0.125. The van der Waals surface area contributed by atoms with Gasteiger partial charge in [0.1, 0.15) is 0 Å². The van der Waals surface area contributed by atoms with Crippen molar-refractivity contribution in [1.82, 2.24) is 4.98 Å². The number of thiophene rings is 1. The van der Waals surface area contributed by atoms with Gasteiger partial charge in [-0.05, 0) is 43.2 Å². The van der Waals surface area contributed by atoms with Crippen LogP contribution >= 0.6 is 22.7 Å². The van der Waals surface area contributed by atoms with Gasteiger partial charge in [0.25, 0.3) is 0 Å². The number of nitrogens with one attached hydrogen (secondary N) is 1. The molecular weight excluding hydrogens is 346 g/mol. The Morgan fingerprint density at radius 2 is 2.08 bits per heavy atom. The number of hydrogen-bond donors (Lipinski definition) is 1. The quantitative estimate of drug-likeness (QED) is 0.421. The van der Waals surface area contributed by atoms with Crippen molar-refractivity contribution in [3.05, 3.63) is 56.5 Å². The summed E-state index contributed by atoms with van der Waals surface area (Å²) in [6, 6.07) is 7.09. The molecule has 0 radical (unpaired) electrons. The van der Waals surface area contributed by atoms with Gasteiger partial charge in [0, 0.05) is 17.0 Å². The second kappa shape index (κ2) is 6.50. The van der Waals surface area contributed by atoms with Gasteiger partial charge in [-0.3, -0.25) is 20.2 Å². The Hall–Kier alpha value is -2.58. The van der Waals surface area contributed by atoms with Crippen LogP contribution in [0.3, 0.4) is 0 Å². The molecule has 2 aromatic heterocycles. The van der Waals surface area contributed by atoms with E-state index in [-0.39, 0.29) is 10.9 Å². The third-order valence-corrected chi connectivity index (χ3v) is 5.37. The molecule has 0 bridgehead atoms. The molecule has 1 amide bonds. The lowest BCUT2D eigenvalue weighted by molar-refractivity contribution is -0.380. The van der Waals surface area contributed by atoms with Crippen molar-refractivity contribution in [3.8, 4) is 0 Å². The summed E-state index contributed by atoms with van der Waals surface area (Å²) in [5.74, 6) is -0.320. The fourth-order valence-corrected chi connectivity index (χ4v) is 3.91. The zero-order valence-corrected chi connectivity index (χ0v) is 14.5. The molecule has 122 valence electrons. The summed E-state index contributed by atoms with van der Waals surface area (Å²) in [6.07, 6.45) is 2.90. The Bertz CT molecular complexity index is 972. The second-order valence-corrected chi connectivity index (χ2v) is 7.30. The first-order valence-corrected chi connectivity index (χ1v) is 8.67. The van der Waals surface area contributed by atoms with Crippen LogP contribution in [0.25, 0.3) is 16.3 Å². The number of anilines is 1. The number of nitrogens with zero attached hydrogens (tertiary/aromatic N) is 2. The van der Waals surface area contributed by atoms with Crippen molar-refractivity contribution in [2.75, 3.05) is 5.32 Å². The van der Waals surface area contributed by atoms with Gasteiger partial charge in [-0.15, -0.1) is 0 Å². The minimum absolute atomic E-state index is 0.0482. The third-order valence-electron chi connectivity index (χ3n) is 3.24. The average Bonchev–Trinajstić information content (AvgIpc) is 3.11. The van der Waals surface area contributed by atoms with Crippen molar-refractivity contribution >= 4 is 55.0 Å². The van der Waals surface area contributed by atoms with Crippen molar-refractivity contribution in [1.29, 1.82) is 0 Å². The van der Waals surface area contributed by atoms with Crippen LogP contribution in [0.15, 0.2) is 30.3 Å². The summed E-state index contributed by atoms with van der Waals surface area (Å²) < 4.78 is 1.05. The first-order valence-electron chi connectivity index (χ1n) is 7.03. The van der Waals surface area contributed by atoms with E-state index in [4.69, 9.17) is 0 Å². The first-order chi connectivity index (χ1) is 11.4. The molecule has 0 aliphatic carbocycles. The molecule has 0 aliphatic rings. The number of thiazole rings is 1. The maximum atomic E-state index is 12.0. The van der Waals surface area contributed by atoms with E-state index >= 15 is 0 Å². The summed E-state index contributed by atoms with van der Waals surface area (Å²) in [7, 11) is 0. The first kappa shape index (κ1) is 16.3. The lowest BCUT2D eigenvalue weighted by atomic mass is 10.1. The molecule has 3 aromatic rings. The maximum Gasteiger partial charge on any atom is 0.324 e. The van der Waals surface area contributed by atoms with E-state index in [1.807, 2.05) is 19.9 Å². The van der Waals surface area contributed by atoms with Crippen LogP contribution in [0.4, 0.5) is 10.1 Å². The van der Waals surface area contributed by atoms with E-state index in [0.717, 1.165) is 32.7 Å². The molecule has 24 heavy (non-hydrogen) atoms. The highest BCUT2D eigenvalue weighted by Gasteiger charge is 2.10. The summed E-state index contributed by atoms with van der Waals surface area (Å²) in [5.41, 5.74) is 3.12. The van der Waals surface area contributed by atoms with Gasteiger partial charge >= 0.3 is 5.00 Å². The highest BCUT2D eigenvalue weighted by Crippen LogP contribution is 2.30. The lowest BCUT2D eigenvalue weighted by Gasteiger charge is -1.95. The van der Waals surface area contributed by atoms with Crippen molar-refractivity contribution in [2.24, 2.45) is 0 Å². The molecule has 2 heterocycles. The van der Waals surface area contributed by atoms with E-state index in [2.05, 4.69) is 16.4 Å². The summed E-state index contributed by atoms with van der Waals surface area (Å²) >= 11 is 2.44. The van der Waals surface area contributed by atoms with Crippen LogP contribution in [-0.2, 0) is 4.79 Å². The van der Waals surface area contributed by atoms with Crippen molar-refractivity contribution < 1.29 is 9.72 Å². The van der Waals surface area contributed by atoms with Crippen molar-refractivity contribution in [2.45, 2.75) is 13.8 Å². The monoisotopic (exact) mass is 359 g/mol. The van der Waals surface area contributed by atoms with Gasteiger partial charge in [0.15, 0.2) is 5.13 Å². The molecule has 8 heteroatoms. The number of hydrogen-bond acceptors (Lipinski definition) is 6. The number of rotatable bonds is 4. The van der Waals surface area contributed by atoms with Crippen LogP contribution in [-0.4, -0.2) is 15.8 Å².